The van der Waals surface area contributed by atoms with Gasteiger partial charge in [-0.05, 0) is 18.2 Å². The number of benzene rings is 1. The number of carbonyl (C=O) groups excluding carboxylic acids is 1. The van der Waals surface area contributed by atoms with Gasteiger partial charge in [0.05, 0.1) is 18.8 Å². The van der Waals surface area contributed by atoms with E-state index in [2.05, 4.69) is 32.5 Å². The zero-order chi connectivity index (χ0) is 12.0. The lowest BCUT2D eigenvalue weighted by atomic mass is 10.3. The number of aromatic hydroxyl groups is 1. The first kappa shape index (κ1) is 12.6. The van der Waals surface area contributed by atoms with Gasteiger partial charge >= 0.3 is 0 Å². The number of halogens is 1. The Morgan fingerprint density at radius 1 is 1.56 bits per heavy atom. The second-order valence-electron chi connectivity index (χ2n) is 3.02. The normalized spacial score (nSPS) is 9.50. The minimum atomic E-state index is -0.261. The number of phenolic OH excluding ortho intramolecular Hbond substituents is 1. The number of hydrogen-bond donors (Lipinski definition) is 3. The van der Waals surface area contributed by atoms with Crippen molar-refractivity contribution in [3.8, 4) is 18.1 Å². The molecule has 16 heavy (non-hydrogen) atoms. The van der Waals surface area contributed by atoms with Crippen molar-refractivity contribution >= 4 is 27.5 Å². The van der Waals surface area contributed by atoms with Crippen LogP contribution in [0.1, 0.15) is 0 Å². The molecule has 1 aromatic carbocycles. The highest BCUT2D eigenvalue weighted by molar-refractivity contribution is 9.10. The lowest BCUT2D eigenvalue weighted by Gasteiger charge is -2.07. The van der Waals surface area contributed by atoms with Gasteiger partial charge in [0.2, 0.25) is 5.91 Å². The molecular weight excluding hydrogens is 272 g/mol. The monoisotopic (exact) mass is 282 g/mol. The standard InChI is InChI=1S/C11H11BrN2O2/c1-2-5-13-7-11(16)14-9-6-8(12)3-4-10(9)15/h1,3-4,6,13,15H,5,7H2,(H,14,16). The highest BCUT2D eigenvalue weighted by Crippen LogP contribution is 2.26. The summed E-state index contributed by atoms with van der Waals surface area (Å²) in [4.78, 5) is 11.4. The molecule has 0 aromatic heterocycles. The summed E-state index contributed by atoms with van der Waals surface area (Å²) < 4.78 is 0.775. The summed E-state index contributed by atoms with van der Waals surface area (Å²) in [6.07, 6.45) is 5.02. The number of anilines is 1. The predicted octanol–water partition coefficient (Wildman–Crippen LogP) is 1.32. The van der Waals surface area contributed by atoms with E-state index < -0.39 is 0 Å². The van der Waals surface area contributed by atoms with Crippen molar-refractivity contribution in [3.05, 3.63) is 22.7 Å². The van der Waals surface area contributed by atoms with Crippen molar-refractivity contribution in [2.45, 2.75) is 0 Å². The minimum absolute atomic E-state index is 0.0218. The maximum absolute atomic E-state index is 11.4. The van der Waals surface area contributed by atoms with Crippen LogP contribution in [0.2, 0.25) is 0 Å². The van der Waals surface area contributed by atoms with E-state index in [4.69, 9.17) is 6.42 Å². The summed E-state index contributed by atoms with van der Waals surface area (Å²) >= 11 is 3.25. The van der Waals surface area contributed by atoms with Crippen LogP contribution in [0.25, 0.3) is 0 Å². The van der Waals surface area contributed by atoms with Crippen LogP contribution >= 0.6 is 15.9 Å². The Kier molecular flexibility index (Phi) is 4.83. The van der Waals surface area contributed by atoms with E-state index in [0.717, 1.165) is 4.47 Å². The molecule has 0 spiro atoms. The van der Waals surface area contributed by atoms with Crippen LogP contribution in [-0.4, -0.2) is 24.1 Å². The number of hydrogen-bond acceptors (Lipinski definition) is 3. The first-order valence-electron chi connectivity index (χ1n) is 4.56. The van der Waals surface area contributed by atoms with E-state index in [1.54, 1.807) is 12.1 Å². The Morgan fingerprint density at radius 2 is 2.31 bits per heavy atom. The Balaban J connectivity index is 2.56. The molecule has 4 nitrogen and oxygen atoms in total. The van der Waals surface area contributed by atoms with Gasteiger partial charge < -0.3 is 10.4 Å². The van der Waals surface area contributed by atoms with Crippen LogP contribution in [0.4, 0.5) is 5.69 Å². The summed E-state index contributed by atoms with van der Waals surface area (Å²) in [6, 6.07) is 4.80. The fourth-order valence-corrected chi connectivity index (χ4v) is 1.41. The van der Waals surface area contributed by atoms with Crippen LogP contribution in [0.5, 0.6) is 5.75 Å². The molecule has 0 saturated heterocycles. The molecule has 3 N–H and O–H groups in total. The third kappa shape index (κ3) is 3.93. The van der Waals surface area contributed by atoms with Gasteiger partial charge in [-0.25, -0.2) is 0 Å². The number of rotatable bonds is 4. The average molecular weight is 283 g/mol. The van der Waals surface area contributed by atoms with E-state index in [1.807, 2.05) is 0 Å². The summed E-state index contributed by atoms with van der Waals surface area (Å²) in [5.41, 5.74) is 0.363. The van der Waals surface area contributed by atoms with Crippen molar-refractivity contribution in [2.75, 3.05) is 18.4 Å². The zero-order valence-electron chi connectivity index (χ0n) is 8.46. The van der Waals surface area contributed by atoms with Gasteiger partial charge in [-0.15, -0.1) is 6.42 Å². The van der Waals surface area contributed by atoms with Crippen LogP contribution in [0, 0.1) is 12.3 Å². The summed E-state index contributed by atoms with van der Waals surface area (Å²) in [5.74, 6) is 2.12. The third-order valence-corrected chi connectivity index (χ3v) is 2.24. The molecule has 0 fully saturated rings. The minimum Gasteiger partial charge on any atom is -0.506 e. The quantitative estimate of drug-likeness (QED) is 0.443. The van der Waals surface area contributed by atoms with Gasteiger partial charge in [-0.2, -0.15) is 0 Å². The largest absolute Gasteiger partial charge is 0.506 e. The molecule has 84 valence electrons. The number of phenols is 1. The predicted molar refractivity (Wildman–Crippen MR) is 66.1 cm³/mol. The summed E-state index contributed by atoms with van der Waals surface area (Å²) in [7, 11) is 0. The second kappa shape index (κ2) is 6.16. The smallest absolute Gasteiger partial charge is 0.238 e. The van der Waals surface area contributed by atoms with Gasteiger partial charge in [0.1, 0.15) is 5.75 Å². The number of carbonyl (C=O) groups is 1. The third-order valence-electron chi connectivity index (χ3n) is 1.75. The van der Waals surface area contributed by atoms with E-state index in [-0.39, 0.29) is 18.2 Å². The van der Waals surface area contributed by atoms with Crippen molar-refractivity contribution in [3.63, 3.8) is 0 Å². The van der Waals surface area contributed by atoms with E-state index >= 15 is 0 Å². The molecule has 0 aliphatic rings. The highest BCUT2D eigenvalue weighted by atomic mass is 79.9. The van der Waals surface area contributed by atoms with Gasteiger partial charge in [-0.1, -0.05) is 21.9 Å². The summed E-state index contributed by atoms with van der Waals surface area (Å²) in [5, 5.41) is 14.8. The average Bonchev–Trinajstić information content (AvgIpc) is 2.24. The van der Waals surface area contributed by atoms with Crippen LogP contribution in [-0.2, 0) is 4.79 Å². The fourth-order valence-electron chi connectivity index (χ4n) is 1.05. The van der Waals surface area contributed by atoms with Crippen LogP contribution in [0.15, 0.2) is 22.7 Å². The van der Waals surface area contributed by atoms with Gasteiger partial charge in [0, 0.05) is 4.47 Å². The molecule has 1 amide bonds. The molecule has 0 bridgehead atoms. The maximum atomic E-state index is 11.4. The molecule has 0 heterocycles. The highest BCUT2D eigenvalue weighted by Gasteiger charge is 2.05. The maximum Gasteiger partial charge on any atom is 0.238 e. The molecule has 0 aliphatic heterocycles. The van der Waals surface area contributed by atoms with E-state index in [0.29, 0.717) is 12.2 Å². The molecular formula is C11H11BrN2O2. The molecule has 0 saturated carbocycles. The number of amides is 1. The van der Waals surface area contributed by atoms with Crippen molar-refractivity contribution < 1.29 is 9.90 Å². The molecule has 0 aliphatic carbocycles. The molecule has 1 aromatic rings. The number of terminal acetylenes is 1. The van der Waals surface area contributed by atoms with E-state index in [9.17, 15) is 9.90 Å². The Labute approximate surface area is 102 Å². The Bertz CT molecular complexity index is 426. The first-order chi connectivity index (χ1) is 7.63. The molecule has 1 rings (SSSR count). The van der Waals surface area contributed by atoms with E-state index in [1.165, 1.54) is 6.07 Å². The van der Waals surface area contributed by atoms with Crippen molar-refractivity contribution in [1.82, 2.24) is 5.32 Å². The number of nitrogens with one attached hydrogen (secondary N) is 2. The zero-order valence-corrected chi connectivity index (χ0v) is 10.0. The topological polar surface area (TPSA) is 61.4 Å². The molecule has 5 heteroatoms. The first-order valence-corrected chi connectivity index (χ1v) is 5.35. The second-order valence-corrected chi connectivity index (χ2v) is 3.93. The van der Waals surface area contributed by atoms with Gasteiger partial charge in [0.15, 0.2) is 0 Å². The Hall–Kier alpha value is -1.51. The Morgan fingerprint density at radius 3 is 3.00 bits per heavy atom. The van der Waals surface area contributed by atoms with Gasteiger partial charge in [0.25, 0.3) is 0 Å². The fraction of sp³-hybridized carbons (Fsp3) is 0.182. The molecule has 0 radical (unpaired) electrons. The van der Waals surface area contributed by atoms with Crippen molar-refractivity contribution in [2.24, 2.45) is 0 Å². The van der Waals surface area contributed by atoms with Crippen LogP contribution in [0.3, 0.4) is 0 Å². The lowest BCUT2D eigenvalue weighted by molar-refractivity contribution is -0.115. The lowest BCUT2D eigenvalue weighted by Crippen LogP contribution is -2.28. The van der Waals surface area contributed by atoms with Crippen LogP contribution < -0.4 is 10.6 Å². The summed E-state index contributed by atoms with van der Waals surface area (Å²) in [6.45, 7) is 0.439. The van der Waals surface area contributed by atoms with Gasteiger partial charge in [-0.3, -0.25) is 10.1 Å². The van der Waals surface area contributed by atoms with Crippen molar-refractivity contribution in [1.29, 1.82) is 0 Å². The SMILES string of the molecule is C#CCNCC(=O)Nc1cc(Br)ccc1O. The molecule has 0 atom stereocenters. The molecule has 0 unspecified atom stereocenters.